The maximum Gasteiger partial charge on any atom is 0.241 e. The number of piperidine rings is 1. The lowest BCUT2D eigenvalue weighted by atomic mass is 10.1. The summed E-state index contributed by atoms with van der Waals surface area (Å²) in [4.78, 5) is 7.03. The zero-order valence-corrected chi connectivity index (χ0v) is 15.8. The first-order valence-corrected chi connectivity index (χ1v) is 10.2. The molecule has 0 amide bonds. The Labute approximate surface area is 151 Å². The van der Waals surface area contributed by atoms with Gasteiger partial charge in [0.05, 0.1) is 4.90 Å². The minimum Gasteiger partial charge on any atom is -0.356 e. The average Bonchev–Trinajstić information content (AvgIpc) is 2.55. The number of sulfonamides is 1. The van der Waals surface area contributed by atoms with Gasteiger partial charge in [-0.2, -0.15) is 0 Å². The number of aromatic nitrogens is 1. The highest BCUT2D eigenvalue weighted by Gasteiger charge is 2.26. The van der Waals surface area contributed by atoms with Crippen LogP contribution in [0.2, 0.25) is 0 Å². The van der Waals surface area contributed by atoms with E-state index in [1.54, 1.807) is 24.3 Å². The van der Waals surface area contributed by atoms with Crippen molar-refractivity contribution in [3.05, 3.63) is 52.6 Å². The molecule has 1 saturated heterocycles. The fourth-order valence-electron chi connectivity index (χ4n) is 2.88. The van der Waals surface area contributed by atoms with Crippen LogP contribution >= 0.6 is 15.9 Å². The quantitative estimate of drug-likeness (QED) is 0.842. The van der Waals surface area contributed by atoms with Gasteiger partial charge in [-0.1, -0.05) is 18.2 Å². The van der Waals surface area contributed by atoms with Crippen molar-refractivity contribution in [2.75, 3.05) is 18.0 Å². The summed E-state index contributed by atoms with van der Waals surface area (Å²) in [5.74, 6) is 0.960. The summed E-state index contributed by atoms with van der Waals surface area (Å²) in [6, 6.07) is 12.8. The second kappa shape index (κ2) is 7.21. The van der Waals surface area contributed by atoms with Gasteiger partial charge >= 0.3 is 0 Å². The Morgan fingerprint density at radius 3 is 2.50 bits per heavy atom. The first-order chi connectivity index (χ1) is 11.5. The van der Waals surface area contributed by atoms with Crippen LogP contribution < -0.4 is 9.62 Å². The summed E-state index contributed by atoms with van der Waals surface area (Å²) in [6.07, 6.45) is 1.53. The molecule has 1 aliphatic heterocycles. The molecule has 2 heterocycles. The second-order valence-corrected chi connectivity index (χ2v) is 8.49. The number of anilines is 1. The molecule has 1 fully saturated rings. The highest BCUT2D eigenvalue weighted by molar-refractivity contribution is 9.10. The van der Waals surface area contributed by atoms with E-state index in [9.17, 15) is 8.42 Å². The Morgan fingerprint density at radius 2 is 1.83 bits per heavy atom. The smallest absolute Gasteiger partial charge is 0.241 e. The van der Waals surface area contributed by atoms with Crippen LogP contribution in [0.3, 0.4) is 0 Å². The number of benzene rings is 1. The fraction of sp³-hybridized carbons (Fsp3) is 0.353. The van der Waals surface area contributed by atoms with Gasteiger partial charge in [0.2, 0.25) is 10.0 Å². The van der Waals surface area contributed by atoms with Crippen LogP contribution in [0.5, 0.6) is 0 Å². The first-order valence-electron chi connectivity index (χ1n) is 7.91. The van der Waals surface area contributed by atoms with Crippen LogP contribution in [0.4, 0.5) is 5.82 Å². The van der Waals surface area contributed by atoms with E-state index in [1.807, 2.05) is 25.1 Å². The third-order valence-corrected chi connectivity index (χ3v) is 6.67. The lowest BCUT2D eigenvalue weighted by Crippen LogP contribution is -2.44. The summed E-state index contributed by atoms with van der Waals surface area (Å²) in [5, 5.41) is 0. The van der Waals surface area contributed by atoms with Gasteiger partial charge in [0.25, 0.3) is 0 Å². The SMILES string of the molecule is Cc1cccc(N2CCC(NS(=O)(=O)c3ccccc3Br)CC2)n1. The standard InChI is InChI=1S/C17H20BrN3O2S/c1-13-5-4-8-17(19-13)21-11-9-14(10-12-21)20-24(22,23)16-7-3-2-6-15(16)18/h2-8,14,20H,9-12H2,1H3. The van der Waals surface area contributed by atoms with Crippen molar-refractivity contribution in [3.63, 3.8) is 0 Å². The third-order valence-electron chi connectivity index (χ3n) is 4.14. The number of nitrogens with one attached hydrogen (secondary N) is 1. The Balaban J connectivity index is 1.64. The molecule has 1 aliphatic rings. The van der Waals surface area contributed by atoms with Crippen LogP contribution in [0, 0.1) is 6.92 Å². The van der Waals surface area contributed by atoms with Crippen LogP contribution in [0.25, 0.3) is 0 Å². The molecule has 24 heavy (non-hydrogen) atoms. The highest BCUT2D eigenvalue weighted by Crippen LogP contribution is 2.23. The van der Waals surface area contributed by atoms with Crippen LogP contribution in [-0.4, -0.2) is 32.5 Å². The van der Waals surface area contributed by atoms with Crippen molar-refractivity contribution >= 4 is 31.8 Å². The number of halogens is 1. The number of hydrogen-bond acceptors (Lipinski definition) is 4. The van der Waals surface area contributed by atoms with E-state index in [-0.39, 0.29) is 10.9 Å². The molecule has 2 aromatic rings. The molecule has 5 nitrogen and oxygen atoms in total. The summed E-state index contributed by atoms with van der Waals surface area (Å²) >= 11 is 3.31. The lowest BCUT2D eigenvalue weighted by molar-refractivity contribution is 0.458. The first kappa shape index (κ1) is 17.4. The topological polar surface area (TPSA) is 62.3 Å². The molecule has 128 valence electrons. The number of hydrogen-bond donors (Lipinski definition) is 1. The predicted molar refractivity (Wildman–Crippen MR) is 98.7 cm³/mol. The van der Waals surface area contributed by atoms with Crippen molar-refractivity contribution in [1.82, 2.24) is 9.71 Å². The average molecular weight is 410 g/mol. The normalized spacial score (nSPS) is 16.3. The van der Waals surface area contributed by atoms with E-state index in [2.05, 4.69) is 30.5 Å². The van der Waals surface area contributed by atoms with Gasteiger partial charge < -0.3 is 4.90 Å². The zero-order valence-electron chi connectivity index (χ0n) is 13.4. The summed E-state index contributed by atoms with van der Waals surface area (Å²) in [7, 11) is -3.51. The third kappa shape index (κ3) is 3.96. The highest BCUT2D eigenvalue weighted by atomic mass is 79.9. The van der Waals surface area contributed by atoms with Gasteiger partial charge in [0.15, 0.2) is 0 Å². The molecule has 0 unspecified atom stereocenters. The van der Waals surface area contributed by atoms with Gasteiger partial charge in [-0.05, 0) is 60.0 Å². The Hall–Kier alpha value is -1.44. The van der Waals surface area contributed by atoms with Crippen LogP contribution in [-0.2, 0) is 10.0 Å². The molecule has 1 N–H and O–H groups in total. The van der Waals surface area contributed by atoms with Crippen molar-refractivity contribution < 1.29 is 8.42 Å². The van der Waals surface area contributed by atoms with Gasteiger partial charge in [-0.15, -0.1) is 0 Å². The van der Waals surface area contributed by atoms with Crippen molar-refractivity contribution in [2.45, 2.75) is 30.7 Å². The van der Waals surface area contributed by atoms with Crippen molar-refractivity contribution in [2.24, 2.45) is 0 Å². The Bertz CT molecular complexity index is 818. The lowest BCUT2D eigenvalue weighted by Gasteiger charge is -2.33. The molecule has 1 aromatic carbocycles. The van der Waals surface area contributed by atoms with E-state index in [1.165, 1.54) is 0 Å². The molecule has 0 radical (unpaired) electrons. The van der Waals surface area contributed by atoms with Crippen molar-refractivity contribution in [3.8, 4) is 0 Å². The molecule has 3 rings (SSSR count). The summed E-state index contributed by atoms with van der Waals surface area (Å²) in [6.45, 7) is 3.56. The van der Waals surface area contributed by atoms with Gasteiger partial charge in [0, 0.05) is 29.3 Å². The predicted octanol–water partition coefficient (Wildman–Crippen LogP) is 3.10. The van der Waals surface area contributed by atoms with E-state index < -0.39 is 10.0 Å². The maximum atomic E-state index is 12.6. The zero-order chi connectivity index (χ0) is 17.2. The van der Waals surface area contributed by atoms with Gasteiger partial charge in [0.1, 0.15) is 5.82 Å². The largest absolute Gasteiger partial charge is 0.356 e. The minimum absolute atomic E-state index is 0.0526. The molecule has 0 spiro atoms. The summed E-state index contributed by atoms with van der Waals surface area (Å²) < 4.78 is 28.5. The number of rotatable bonds is 4. The monoisotopic (exact) mass is 409 g/mol. The van der Waals surface area contributed by atoms with Gasteiger partial charge in [-0.3, -0.25) is 0 Å². The molecule has 7 heteroatoms. The fourth-order valence-corrected chi connectivity index (χ4v) is 5.18. The molecule has 1 aromatic heterocycles. The van der Waals surface area contributed by atoms with E-state index >= 15 is 0 Å². The van der Waals surface area contributed by atoms with E-state index in [4.69, 9.17) is 0 Å². The molecule has 0 bridgehead atoms. The molecular weight excluding hydrogens is 390 g/mol. The van der Waals surface area contributed by atoms with E-state index in [0.29, 0.717) is 4.47 Å². The Kier molecular flexibility index (Phi) is 5.22. The van der Waals surface area contributed by atoms with Crippen LogP contribution in [0.1, 0.15) is 18.5 Å². The second-order valence-electron chi connectivity index (χ2n) is 5.95. The van der Waals surface area contributed by atoms with Crippen LogP contribution in [0.15, 0.2) is 51.8 Å². The minimum atomic E-state index is -3.51. The van der Waals surface area contributed by atoms with E-state index in [0.717, 1.165) is 37.4 Å². The molecule has 0 saturated carbocycles. The summed E-state index contributed by atoms with van der Waals surface area (Å²) in [5.41, 5.74) is 0.990. The van der Waals surface area contributed by atoms with Crippen molar-refractivity contribution in [1.29, 1.82) is 0 Å². The number of pyridine rings is 1. The van der Waals surface area contributed by atoms with Gasteiger partial charge in [-0.25, -0.2) is 18.1 Å². The Morgan fingerprint density at radius 1 is 1.12 bits per heavy atom. The maximum absolute atomic E-state index is 12.6. The molecule has 0 aliphatic carbocycles. The number of aryl methyl sites for hydroxylation is 1. The molecule has 0 atom stereocenters. The molecular formula is C17H20BrN3O2S. The number of nitrogens with zero attached hydrogens (tertiary/aromatic N) is 2.